The van der Waals surface area contributed by atoms with Crippen molar-refractivity contribution in [3.05, 3.63) is 53.3 Å². The first-order valence-corrected chi connectivity index (χ1v) is 10.8. The molecule has 3 heterocycles. The Hall–Kier alpha value is -3.21. The Kier molecular flexibility index (Phi) is 7.75. The Morgan fingerprint density at radius 2 is 1.82 bits per heavy atom. The minimum atomic E-state index is -5.08. The van der Waals surface area contributed by atoms with Crippen LogP contribution in [0.25, 0.3) is 0 Å². The Bertz CT molecular complexity index is 1010. The fourth-order valence-electron chi connectivity index (χ4n) is 4.11. The number of alkyl halides is 3. The van der Waals surface area contributed by atoms with Crippen LogP contribution in [0.1, 0.15) is 34.3 Å². The van der Waals surface area contributed by atoms with Crippen LogP contribution in [0, 0.1) is 19.8 Å². The van der Waals surface area contributed by atoms with E-state index in [9.17, 15) is 18.0 Å². The molecular formula is C23H27F3N4O4. The molecule has 1 unspecified atom stereocenters. The van der Waals surface area contributed by atoms with Crippen molar-refractivity contribution in [1.82, 2.24) is 14.9 Å². The molecule has 2 aliphatic rings. The number of likely N-dealkylation sites (tertiary alicyclic amines) is 1. The summed E-state index contributed by atoms with van der Waals surface area (Å²) in [6.07, 6.45) is 0.583. The summed E-state index contributed by atoms with van der Waals surface area (Å²) in [4.78, 5) is 32.1. The van der Waals surface area contributed by atoms with Crippen molar-refractivity contribution < 1.29 is 32.6 Å². The molecule has 11 heteroatoms. The number of hydrogen-bond acceptors (Lipinski definition) is 6. The van der Waals surface area contributed by atoms with Crippen LogP contribution in [0.15, 0.2) is 36.7 Å². The number of carboxylic acids is 1. The third-order valence-electron chi connectivity index (χ3n) is 5.98. The highest BCUT2D eigenvalue weighted by Crippen LogP contribution is 2.42. The molecule has 0 radical (unpaired) electrons. The Morgan fingerprint density at radius 3 is 2.41 bits per heavy atom. The number of carboxylic acid groups (broad SMARTS) is 1. The zero-order chi connectivity index (χ0) is 24.9. The lowest BCUT2D eigenvalue weighted by atomic mass is 9.78. The van der Waals surface area contributed by atoms with Gasteiger partial charge in [0.2, 0.25) is 5.95 Å². The molecule has 2 aliphatic heterocycles. The maximum absolute atomic E-state index is 12.8. The summed E-state index contributed by atoms with van der Waals surface area (Å²) in [6.45, 7) is 6.92. The number of nitrogens with zero attached hydrogens (tertiary/aromatic N) is 3. The van der Waals surface area contributed by atoms with Crippen molar-refractivity contribution in [3.63, 3.8) is 0 Å². The standard InChI is InChI=1S/C21H26N4O2.C2HF3O2/c1-15-11-23-20(24-12-15)22-9-7-17-8-10-27-21(17)13-25(14-21)19(26)18-6-4-3-5-16(18)2;3-2(4,5)1(6)7/h3-6,11-12,17H,7-10,13-14H2,1-2H3,(H,22,23,24);(H,6,7). The minimum absolute atomic E-state index is 0.110. The molecule has 1 spiro atoms. The largest absolute Gasteiger partial charge is 0.490 e. The molecule has 4 rings (SSSR count). The first-order chi connectivity index (χ1) is 16.0. The molecule has 2 saturated heterocycles. The Morgan fingerprint density at radius 1 is 1.21 bits per heavy atom. The second kappa shape index (κ2) is 10.4. The Labute approximate surface area is 195 Å². The number of rotatable bonds is 5. The number of anilines is 1. The van der Waals surface area contributed by atoms with Gasteiger partial charge in [-0.1, -0.05) is 18.2 Å². The van der Waals surface area contributed by atoms with Crippen LogP contribution in [0.4, 0.5) is 19.1 Å². The first kappa shape index (κ1) is 25.4. The lowest BCUT2D eigenvalue weighted by Gasteiger charge is -2.50. The number of halogens is 3. The van der Waals surface area contributed by atoms with Crippen LogP contribution in [-0.2, 0) is 9.53 Å². The van der Waals surface area contributed by atoms with Crippen LogP contribution < -0.4 is 5.32 Å². The number of aliphatic carboxylic acids is 1. The summed E-state index contributed by atoms with van der Waals surface area (Å²) in [7, 11) is 0. The lowest BCUT2D eigenvalue weighted by molar-refractivity contribution is -0.192. The molecule has 2 aromatic rings. The van der Waals surface area contributed by atoms with Gasteiger partial charge >= 0.3 is 12.1 Å². The van der Waals surface area contributed by atoms with Crippen molar-refractivity contribution >= 4 is 17.8 Å². The van der Waals surface area contributed by atoms with E-state index in [0.29, 0.717) is 25.0 Å². The van der Waals surface area contributed by atoms with E-state index in [0.717, 1.165) is 42.7 Å². The molecule has 0 saturated carbocycles. The fraction of sp³-hybridized carbons (Fsp3) is 0.478. The molecule has 34 heavy (non-hydrogen) atoms. The van der Waals surface area contributed by atoms with Gasteiger partial charge in [-0.25, -0.2) is 14.8 Å². The van der Waals surface area contributed by atoms with Crippen molar-refractivity contribution in [3.8, 4) is 0 Å². The van der Waals surface area contributed by atoms with Crippen LogP contribution in [-0.4, -0.2) is 69.9 Å². The summed E-state index contributed by atoms with van der Waals surface area (Å²) in [5, 5.41) is 10.4. The van der Waals surface area contributed by atoms with E-state index in [1.165, 1.54) is 0 Å². The predicted octanol–water partition coefficient (Wildman–Crippen LogP) is 3.46. The highest BCUT2D eigenvalue weighted by atomic mass is 19.4. The fourth-order valence-corrected chi connectivity index (χ4v) is 4.11. The van der Waals surface area contributed by atoms with Crippen LogP contribution in [0.5, 0.6) is 0 Å². The van der Waals surface area contributed by atoms with Crippen molar-refractivity contribution in [2.75, 3.05) is 31.6 Å². The molecule has 0 aliphatic carbocycles. The number of hydrogen-bond donors (Lipinski definition) is 2. The summed E-state index contributed by atoms with van der Waals surface area (Å²) in [5.74, 6) is -1.53. The van der Waals surface area contributed by atoms with E-state index in [2.05, 4.69) is 15.3 Å². The topological polar surface area (TPSA) is 105 Å². The second-order valence-corrected chi connectivity index (χ2v) is 8.48. The van der Waals surface area contributed by atoms with Gasteiger partial charge < -0.3 is 20.1 Å². The van der Waals surface area contributed by atoms with Gasteiger partial charge in [0.25, 0.3) is 5.91 Å². The predicted molar refractivity (Wildman–Crippen MR) is 117 cm³/mol. The van der Waals surface area contributed by atoms with Gasteiger partial charge in [-0.2, -0.15) is 13.2 Å². The zero-order valence-corrected chi connectivity index (χ0v) is 18.9. The first-order valence-electron chi connectivity index (χ1n) is 10.8. The van der Waals surface area contributed by atoms with Gasteiger partial charge in [0.05, 0.1) is 13.1 Å². The van der Waals surface area contributed by atoms with E-state index >= 15 is 0 Å². The zero-order valence-electron chi connectivity index (χ0n) is 18.9. The maximum Gasteiger partial charge on any atom is 0.490 e. The molecule has 1 aromatic heterocycles. The summed E-state index contributed by atoms with van der Waals surface area (Å²) < 4.78 is 37.8. The van der Waals surface area contributed by atoms with Crippen molar-refractivity contribution in [1.29, 1.82) is 0 Å². The number of aromatic nitrogens is 2. The smallest absolute Gasteiger partial charge is 0.475 e. The van der Waals surface area contributed by atoms with Crippen LogP contribution in [0.2, 0.25) is 0 Å². The van der Waals surface area contributed by atoms with Gasteiger partial charge in [-0.3, -0.25) is 4.79 Å². The molecule has 1 amide bonds. The molecule has 0 bridgehead atoms. The number of amides is 1. The normalized spacial score (nSPS) is 18.6. The average molecular weight is 480 g/mol. The van der Waals surface area contributed by atoms with Gasteiger partial charge in [0, 0.05) is 31.1 Å². The number of nitrogens with one attached hydrogen (secondary N) is 1. The number of carbonyl (C=O) groups excluding carboxylic acids is 1. The summed E-state index contributed by atoms with van der Waals surface area (Å²) in [5.41, 5.74) is 2.69. The number of aryl methyl sites for hydroxylation is 2. The maximum atomic E-state index is 12.8. The molecule has 1 atom stereocenters. The van der Waals surface area contributed by atoms with Gasteiger partial charge in [-0.05, 0) is 49.8 Å². The Balaban J connectivity index is 0.000000406. The van der Waals surface area contributed by atoms with Gasteiger partial charge in [-0.15, -0.1) is 0 Å². The third-order valence-corrected chi connectivity index (χ3v) is 5.98. The van der Waals surface area contributed by atoms with E-state index < -0.39 is 12.1 Å². The number of benzene rings is 1. The molecule has 8 nitrogen and oxygen atoms in total. The molecule has 2 fully saturated rings. The van der Waals surface area contributed by atoms with E-state index in [1.54, 1.807) is 0 Å². The van der Waals surface area contributed by atoms with Crippen molar-refractivity contribution in [2.45, 2.75) is 38.5 Å². The number of carbonyl (C=O) groups is 2. The van der Waals surface area contributed by atoms with Crippen LogP contribution in [0.3, 0.4) is 0 Å². The monoisotopic (exact) mass is 480 g/mol. The second-order valence-electron chi connectivity index (χ2n) is 8.48. The summed E-state index contributed by atoms with van der Waals surface area (Å²) in [6, 6.07) is 7.77. The molecule has 184 valence electrons. The van der Waals surface area contributed by atoms with Gasteiger partial charge in [0.1, 0.15) is 5.60 Å². The van der Waals surface area contributed by atoms with Crippen LogP contribution >= 0.6 is 0 Å². The number of ether oxygens (including phenoxy) is 1. The highest BCUT2D eigenvalue weighted by Gasteiger charge is 2.54. The van der Waals surface area contributed by atoms with E-state index in [4.69, 9.17) is 14.6 Å². The average Bonchev–Trinajstić information content (AvgIpc) is 3.18. The minimum Gasteiger partial charge on any atom is -0.475 e. The molecule has 2 N–H and O–H groups in total. The summed E-state index contributed by atoms with van der Waals surface area (Å²) >= 11 is 0. The van der Waals surface area contributed by atoms with E-state index in [1.807, 2.05) is 55.4 Å². The third kappa shape index (κ3) is 6.02. The molecular weight excluding hydrogens is 453 g/mol. The SMILES string of the molecule is Cc1cnc(NCCC2CCOC23CN(C(=O)c2ccccc2C)C3)nc1.O=C(O)C(F)(F)F. The van der Waals surface area contributed by atoms with Crippen molar-refractivity contribution in [2.24, 2.45) is 5.92 Å². The van der Waals surface area contributed by atoms with E-state index in [-0.39, 0.29) is 11.5 Å². The lowest BCUT2D eigenvalue weighted by Crippen LogP contribution is -2.66. The highest BCUT2D eigenvalue weighted by molar-refractivity contribution is 5.96. The quantitative estimate of drug-likeness (QED) is 0.675. The molecule has 1 aromatic carbocycles. The van der Waals surface area contributed by atoms with Gasteiger partial charge in [0.15, 0.2) is 0 Å².